The number of rotatable bonds is 5. The molecule has 2 aromatic rings. The number of aryl methyl sites for hydroxylation is 1. The number of carbonyl (C=O) groups is 1. The lowest BCUT2D eigenvalue weighted by atomic mass is 9.96. The largest absolute Gasteiger partial charge is 0.355 e. The Hall–Kier alpha value is -2.44. The van der Waals surface area contributed by atoms with Crippen molar-refractivity contribution in [3.8, 4) is 0 Å². The van der Waals surface area contributed by atoms with Crippen molar-refractivity contribution in [3.05, 3.63) is 36.0 Å². The van der Waals surface area contributed by atoms with Crippen LogP contribution in [-0.2, 0) is 18.4 Å². The Morgan fingerprint density at radius 1 is 1.24 bits per heavy atom. The van der Waals surface area contributed by atoms with Crippen molar-refractivity contribution in [2.24, 2.45) is 13.0 Å². The van der Waals surface area contributed by atoms with Crippen molar-refractivity contribution in [2.75, 3.05) is 18.0 Å². The zero-order valence-corrected chi connectivity index (χ0v) is 14.6. The molecule has 4 rings (SSSR count). The van der Waals surface area contributed by atoms with Gasteiger partial charge >= 0.3 is 0 Å². The minimum absolute atomic E-state index is 0.0690. The molecule has 0 radical (unpaired) electrons. The van der Waals surface area contributed by atoms with Crippen LogP contribution < -0.4 is 10.2 Å². The Bertz CT molecular complexity index is 731. The maximum absolute atomic E-state index is 12.5. The number of amides is 1. The number of aromatic nitrogens is 4. The molecule has 1 saturated heterocycles. The summed E-state index contributed by atoms with van der Waals surface area (Å²) in [6, 6.07) is 2.13. The third-order valence-electron chi connectivity index (χ3n) is 5.15. The number of hydrogen-bond acceptors (Lipinski definition) is 5. The molecule has 2 aliphatic rings. The molecule has 0 atom stereocenters. The highest BCUT2D eigenvalue weighted by Crippen LogP contribution is 2.39. The Morgan fingerprint density at radius 3 is 2.72 bits per heavy atom. The van der Waals surface area contributed by atoms with Gasteiger partial charge in [0.05, 0.1) is 18.4 Å². The minimum atomic E-state index is 0.0690. The van der Waals surface area contributed by atoms with Crippen LogP contribution in [0.25, 0.3) is 0 Å². The van der Waals surface area contributed by atoms with Crippen LogP contribution in [0.4, 0.5) is 5.82 Å². The van der Waals surface area contributed by atoms with Gasteiger partial charge in [-0.15, -0.1) is 0 Å². The molecule has 25 heavy (non-hydrogen) atoms. The van der Waals surface area contributed by atoms with Gasteiger partial charge in [-0.2, -0.15) is 5.10 Å². The van der Waals surface area contributed by atoms with E-state index in [1.807, 2.05) is 11.7 Å². The zero-order chi connectivity index (χ0) is 17.2. The monoisotopic (exact) mass is 340 g/mol. The maximum atomic E-state index is 12.5. The van der Waals surface area contributed by atoms with Crippen LogP contribution in [0.5, 0.6) is 0 Å². The molecule has 0 bridgehead atoms. The van der Waals surface area contributed by atoms with Crippen molar-refractivity contribution in [3.63, 3.8) is 0 Å². The van der Waals surface area contributed by atoms with Crippen LogP contribution in [0.2, 0.25) is 0 Å². The van der Waals surface area contributed by atoms with Crippen molar-refractivity contribution < 1.29 is 4.79 Å². The molecular formula is C18H24N6O. The molecule has 1 N–H and O–H groups in total. The summed E-state index contributed by atoms with van der Waals surface area (Å²) in [5.74, 6) is 1.77. The standard InChI is InChI=1S/C18H24N6O/c1-23-16(13-2-3-13)10-15(22-23)11-21-18(25)14-4-8-24(9-5-14)17-12-19-6-7-20-17/h6-7,10,12-14H,2-5,8-9,11H2,1H3,(H,21,25). The quantitative estimate of drug-likeness (QED) is 0.895. The molecule has 0 unspecified atom stereocenters. The van der Waals surface area contributed by atoms with E-state index in [0.29, 0.717) is 12.5 Å². The number of anilines is 1. The molecule has 7 heteroatoms. The average molecular weight is 340 g/mol. The first-order valence-corrected chi connectivity index (χ1v) is 9.02. The molecule has 0 aromatic carbocycles. The van der Waals surface area contributed by atoms with E-state index in [4.69, 9.17) is 0 Å². The Balaban J connectivity index is 1.27. The average Bonchev–Trinajstić information content (AvgIpc) is 3.43. The molecular weight excluding hydrogens is 316 g/mol. The lowest BCUT2D eigenvalue weighted by Gasteiger charge is -2.31. The highest BCUT2D eigenvalue weighted by atomic mass is 16.1. The predicted octanol–water partition coefficient (Wildman–Crippen LogP) is 1.62. The summed E-state index contributed by atoms with van der Waals surface area (Å²) in [6.45, 7) is 2.20. The van der Waals surface area contributed by atoms with Gasteiger partial charge in [-0.3, -0.25) is 14.5 Å². The van der Waals surface area contributed by atoms with Gasteiger partial charge in [0.15, 0.2) is 0 Å². The number of nitrogens with zero attached hydrogens (tertiary/aromatic N) is 5. The Morgan fingerprint density at radius 2 is 2.04 bits per heavy atom. The zero-order valence-electron chi connectivity index (χ0n) is 14.6. The molecule has 1 aliphatic heterocycles. The molecule has 2 fully saturated rings. The molecule has 7 nitrogen and oxygen atoms in total. The van der Waals surface area contributed by atoms with Gasteiger partial charge in [0.2, 0.25) is 5.91 Å². The predicted molar refractivity (Wildman–Crippen MR) is 94.0 cm³/mol. The van der Waals surface area contributed by atoms with Crippen LogP contribution in [0, 0.1) is 5.92 Å². The first kappa shape index (κ1) is 16.1. The fraction of sp³-hybridized carbons (Fsp3) is 0.556. The maximum Gasteiger partial charge on any atom is 0.223 e. The third kappa shape index (κ3) is 3.65. The van der Waals surface area contributed by atoms with E-state index in [9.17, 15) is 4.79 Å². The second-order valence-corrected chi connectivity index (χ2v) is 7.00. The van der Waals surface area contributed by atoms with E-state index in [-0.39, 0.29) is 11.8 Å². The highest BCUT2D eigenvalue weighted by molar-refractivity contribution is 5.78. The minimum Gasteiger partial charge on any atom is -0.355 e. The van der Waals surface area contributed by atoms with Crippen molar-refractivity contribution in [1.82, 2.24) is 25.1 Å². The molecule has 0 spiro atoms. The van der Waals surface area contributed by atoms with Crippen molar-refractivity contribution >= 4 is 11.7 Å². The van der Waals surface area contributed by atoms with Crippen LogP contribution in [0.1, 0.15) is 43.0 Å². The molecule has 1 aliphatic carbocycles. The van der Waals surface area contributed by atoms with Gasteiger partial charge in [0.1, 0.15) is 5.82 Å². The van der Waals surface area contributed by atoms with E-state index < -0.39 is 0 Å². The van der Waals surface area contributed by atoms with Gasteiger partial charge in [0, 0.05) is 50.1 Å². The van der Waals surface area contributed by atoms with E-state index in [1.54, 1.807) is 18.6 Å². The summed E-state index contributed by atoms with van der Waals surface area (Å²) in [5, 5.41) is 7.58. The topological polar surface area (TPSA) is 75.9 Å². The number of hydrogen-bond donors (Lipinski definition) is 1. The number of nitrogens with one attached hydrogen (secondary N) is 1. The second-order valence-electron chi connectivity index (χ2n) is 7.00. The molecule has 3 heterocycles. The number of carbonyl (C=O) groups excluding carboxylic acids is 1. The summed E-state index contributed by atoms with van der Waals surface area (Å²) in [6.07, 6.45) is 9.37. The summed E-state index contributed by atoms with van der Waals surface area (Å²) in [4.78, 5) is 23.1. The molecule has 2 aromatic heterocycles. The number of piperidine rings is 1. The van der Waals surface area contributed by atoms with Gasteiger partial charge in [-0.05, 0) is 31.7 Å². The smallest absolute Gasteiger partial charge is 0.223 e. The van der Waals surface area contributed by atoms with Gasteiger partial charge < -0.3 is 10.2 Å². The SMILES string of the molecule is Cn1nc(CNC(=O)C2CCN(c3cnccn3)CC2)cc1C1CC1. The van der Waals surface area contributed by atoms with Crippen LogP contribution in [0.15, 0.2) is 24.7 Å². The second kappa shape index (κ2) is 6.82. The fourth-order valence-corrected chi connectivity index (χ4v) is 3.54. The lowest BCUT2D eigenvalue weighted by Crippen LogP contribution is -2.40. The van der Waals surface area contributed by atoms with Gasteiger partial charge in [-0.25, -0.2) is 4.98 Å². The first-order valence-electron chi connectivity index (χ1n) is 9.02. The van der Waals surface area contributed by atoms with E-state index >= 15 is 0 Å². The summed E-state index contributed by atoms with van der Waals surface area (Å²) >= 11 is 0. The van der Waals surface area contributed by atoms with Crippen molar-refractivity contribution in [2.45, 2.75) is 38.1 Å². The molecule has 132 valence electrons. The summed E-state index contributed by atoms with van der Waals surface area (Å²) in [5.41, 5.74) is 2.25. The first-order chi connectivity index (χ1) is 12.2. The Labute approximate surface area is 147 Å². The van der Waals surface area contributed by atoms with Crippen LogP contribution in [-0.4, -0.2) is 38.7 Å². The molecule has 1 amide bonds. The summed E-state index contributed by atoms with van der Waals surface area (Å²) < 4.78 is 1.96. The van der Waals surface area contributed by atoms with E-state index in [1.165, 1.54) is 18.5 Å². The molecule has 1 saturated carbocycles. The van der Waals surface area contributed by atoms with Crippen LogP contribution >= 0.6 is 0 Å². The van der Waals surface area contributed by atoms with Crippen molar-refractivity contribution in [1.29, 1.82) is 0 Å². The Kier molecular flexibility index (Phi) is 4.38. The van der Waals surface area contributed by atoms with Gasteiger partial charge in [0.25, 0.3) is 0 Å². The normalized spacial score (nSPS) is 18.4. The van der Waals surface area contributed by atoms with E-state index in [2.05, 4.69) is 31.3 Å². The lowest BCUT2D eigenvalue weighted by molar-refractivity contribution is -0.125. The fourth-order valence-electron chi connectivity index (χ4n) is 3.54. The van der Waals surface area contributed by atoms with E-state index in [0.717, 1.165) is 37.4 Å². The third-order valence-corrected chi connectivity index (χ3v) is 5.15. The summed E-state index contributed by atoms with van der Waals surface area (Å²) in [7, 11) is 1.99. The van der Waals surface area contributed by atoms with Crippen LogP contribution in [0.3, 0.4) is 0 Å². The van der Waals surface area contributed by atoms with Gasteiger partial charge in [-0.1, -0.05) is 0 Å². The highest BCUT2D eigenvalue weighted by Gasteiger charge is 2.28.